The predicted octanol–water partition coefficient (Wildman–Crippen LogP) is 4.58. The zero-order valence-corrected chi connectivity index (χ0v) is 16.0. The summed E-state index contributed by atoms with van der Waals surface area (Å²) < 4.78 is 6.29. The highest BCUT2D eigenvalue weighted by atomic mass is 32.1. The van der Waals surface area contributed by atoms with E-state index in [2.05, 4.69) is 4.98 Å². The zero-order chi connectivity index (χ0) is 18.7. The molecule has 0 spiro atoms. The summed E-state index contributed by atoms with van der Waals surface area (Å²) in [6.07, 6.45) is 0.744. The molecule has 1 heterocycles. The number of esters is 1. The van der Waals surface area contributed by atoms with E-state index in [-0.39, 0.29) is 24.8 Å². The maximum absolute atomic E-state index is 12.4. The van der Waals surface area contributed by atoms with Gasteiger partial charge in [0, 0.05) is 12.0 Å². The lowest BCUT2D eigenvalue weighted by Gasteiger charge is -2.10. The number of hydrogen-bond acceptors (Lipinski definition) is 5. The topological polar surface area (TPSA) is 56.3 Å². The van der Waals surface area contributed by atoms with E-state index in [1.165, 1.54) is 0 Å². The van der Waals surface area contributed by atoms with E-state index in [4.69, 9.17) is 4.74 Å². The largest absolute Gasteiger partial charge is 0.457 e. The second-order valence-corrected chi connectivity index (χ2v) is 7.55. The Kier molecular flexibility index (Phi) is 5.47. The van der Waals surface area contributed by atoms with E-state index >= 15 is 0 Å². The quantitative estimate of drug-likeness (QED) is 0.473. The number of carbonyl (C=O) groups is 2. The van der Waals surface area contributed by atoms with Gasteiger partial charge in [0.25, 0.3) is 0 Å². The molecule has 0 N–H and O–H groups in total. The van der Waals surface area contributed by atoms with Gasteiger partial charge < -0.3 is 4.74 Å². The molecular weight excluding hydrogens is 346 g/mol. The van der Waals surface area contributed by atoms with Crippen molar-refractivity contribution in [2.45, 2.75) is 33.6 Å². The molecule has 0 saturated heterocycles. The molecule has 0 unspecified atom stereocenters. The van der Waals surface area contributed by atoms with Gasteiger partial charge in [0.2, 0.25) is 5.78 Å². The van der Waals surface area contributed by atoms with Crippen LogP contribution in [-0.2, 0) is 16.0 Å². The molecule has 134 valence electrons. The van der Waals surface area contributed by atoms with Gasteiger partial charge in [-0.3, -0.25) is 9.59 Å². The van der Waals surface area contributed by atoms with Gasteiger partial charge in [0.1, 0.15) is 0 Å². The molecule has 26 heavy (non-hydrogen) atoms. The Hall–Kier alpha value is -2.53. The smallest absolute Gasteiger partial charge is 0.306 e. The summed E-state index contributed by atoms with van der Waals surface area (Å²) in [6, 6.07) is 11.8. The third-order valence-electron chi connectivity index (χ3n) is 4.20. The van der Waals surface area contributed by atoms with Crippen LogP contribution in [0.15, 0.2) is 36.4 Å². The molecule has 0 aliphatic heterocycles. The maximum Gasteiger partial charge on any atom is 0.306 e. The molecule has 1 aromatic heterocycles. The molecule has 3 aromatic rings. The zero-order valence-electron chi connectivity index (χ0n) is 15.2. The molecule has 0 saturated carbocycles. The normalized spacial score (nSPS) is 10.9. The number of rotatable bonds is 6. The SMILES string of the molecule is Cc1cc(C)c(C(=O)COC(=O)CCc2nc3ccccc3s2)c(C)c1. The first-order valence-electron chi connectivity index (χ1n) is 8.55. The van der Waals surface area contributed by atoms with Crippen molar-refractivity contribution in [1.82, 2.24) is 4.98 Å². The van der Waals surface area contributed by atoms with Gasteiger partial charge in [0.05, 0.1) is 21.6 Å². The predicted molar refractivity (Wildman–Crippen MR) is 104 cm³/mol. The van der Waals surface area contributed by atoms with Crippen molar-refractivity contribution >= 4 is 33.3 Å². The highest BCUT2D eigenvalue weighted by Crippen LogP contribution is 2.22. The van der Waals surface area contributed by atoms with Crippen LogP contribution in [0.2, 0.25) is 0 Å². The summed E-state index contributed by atoms with van der Waals surface area (Å²) in [5, 5.41) is 0.903. The minimum absolute atomic E-state index is 0.159. The summed E-state index contributed by atoms with van der Waals surface area (Å²) in [7, 11) is 0. The van der Waals surface area contributed by atoms with E-state index in [1.807, 2.05) is 57.2 Å². The maximum atomic E-state index is 12.4. The minimum Gasteiger partial charge on any atom is -0.457 e. The van der Waals surface area contributed by atoms with E-state index < -0.39 is 0 Å². The lowest BCUT2D eigenvalue weighted by atomic mass is 9.97. The summed E-state index contributed by atoms with van der Waals surface area (Å²) in [6.45, 7) is 5.59. The van der Waals surface area contributed by atoms with Gasteiger partial charge in [-0.1, -0.05) is 29.8 Å². The number of thiazole rings is 1. The average molecular weight is 367 g/mol. The number of aryl methyl sites for hydroxylation is 4. The molecule has 0 fully saturated rings. The Morgan fingerprint density at radius 2 is 1.77 bits per heavy atom. The lowest BCUT2D eigenvalue weighted by Crippen LogP contribution is -2.16. The van der Waals surface area contributed by atoms with Crippen molar-refractivity contribution in [1.29, 1.82) is 0 Å². The highest BCUT2D eigenvalue weighted by Gasteiger charge is 2.15. The number of carbonyl (C=O) groups excluding carboxylic acids is 2. The molecule has 0 atom stereocenters. The molecule has 5 heteroatoms. The number of nitrogens with zero attached hydrogens (tertiary/aromatic N) is 1. The number of ether oxygens (including phenoxy) is 1. The summed E-state index contributed by atoms with van der Waals surface area (Å²) >= 11 is 1.58. The average Bonchev–Trinajstić information content (AvgIpc) is 3.00. The van der Waals surface area contributed by atoms with Crippen LogP contribution in [0.5, 0.6) is 0 Å². The first-order chi connectivity index (χ1) is 12.4. The Bertz CT molecular complexity index is 918. The van der Waals surface area contributed by atoms with Crippen molar-refractivity contribution in [3.05, 3.63) is 63.7 Å². The Labute approximate surface area is 156 Å². The molecule has 0 aliphatic carbocycles. The molecule has 3 rings (SSSR count). The van der Waals surface area contributed by atoms with Gasteiger partial charge in [-0.15, -0.1) is 11.3 Å². The third-order valence-corrected chi connectivity index (χ3v) is 5.30. The monoisotopic (exact) mass is 367 g/mol. The van der Waals surface area contributed by atoms with Crippen LogP contribution < -0.4 is 0 Å². The fourth-order valence-corrected chi connectivity index (χ4v) is 4.11. The van der Waals surface area contributed by atoms with Crippen LogP contribution in [-0.4, -0.2) is 23.3 Å². The number of aromatic nitrogens is 1. The first-order valence-corrected chi connectivity index (χ1v) is 9.37. The number of benzene rings is 2. The van der Waals surface area contributed by atoms with Crippen molar-refractivity contribution < 1.29 is 14.3 Å². The fraction of sp³-hybridized carbons (Fsp3) is 0.286. The van der Waals surface area contributed by atoms with Gasteiger partial charge in [-0.05, 0) is 44.0 Å². The summed E-state index contributed by atoms with van der Waals surface area (Å²) in [5.41, 5.74) is 4.54. The molecule has 0 bridgehead atoms. The van der Waals surface area contributed by atoms with E-state index in [0.717, 1.165) is 31.9 Å². The molecule has 4 nitrogen and oxygen atoms in total. The van der Waals surface area contributed by atoms with Crippen molar-refractivity contribution in [3.8, 4) is 0 Å². The number of hydrogen-bond donors (Lipinski definition) is 0. The molecule has 0 radical (unpaired) electrons. The Morgan fingerprint density at radius 1 is 1.08 bits per heavy atom. The first kappa shape index (κ1) is 18.3. The van der Waals surface area contributed by atoms with E-state index in [9.17, 15) is 9.59 Å². The van der Waals surface area contributed by atoms with Crippen LogP contribution in [0.1, 0.15) is 38.5 Å². The van der Waals surface area contributed by atoms with Crippen LogP contribution in [0, 0.1) is 20.8 Å². The molecular formula is C21H21NO3S. The van der Waals surface area contributed by atoms with Crippen LogP contribution in [0.25, 0.3) is 10.2 Å². The van der Waals surface area contributed by atoms with Crippen molar-refractivity contribution in [3.63, 3.8) is 0 Å². The number of Topliss-reactive ketones (excluding diaryl/α,β-unsaturated/α-hetero) is 1. The van der Waals surface area contributed by atoms with Gasteiger partial charge in [-0.2, -0.15) is 0 Å². The van der Waals surface area contributed by atoms with Gasteiger partial charge in [0.15, 0.2) is 6.61 Å². The van der Waals surface area contributed by atoms with Crippen LogP contribution >= 0.6 is 11.3 Å². The van der Waals surface area contributed by atoms with Gasteiger partial charge >= 0.3 is 5.97 Å². The Morgan fingerprint density at radius 3 is 2.46 bits per heavy atom. The van der Waals surface area contributed by atoms with E-state index in [0.29, 0.717) is 12.0 Å². The molecule has 0 amide bonds. The van der Waals surface area contributed by atoms with Crippen molar-refractivity contribution in [2.24, 2.45) is 0 Å². The van der Waals surface area contributed by atoms with Crippen molar-refractivity contribution in [2.75, 3.05) is 6.61 Å². The second-order valence-electron chi connectivity index (χ2n) is 6.43. The van der Waals surface area contributed by atoms with Crippen LogP contribution in [0.4, 0.5) is 0 Å². The fourth-order valence-electron chi connectivity index (χ4n) is 3.15. The standard InChI is InChI=1S/C21H21NO3S/c1-13-10-14(2)21(15(3)11-13)17(23)12-25-20(24)9-8-19-22-16-6-4-5-7-18(16)26-19/h4-7,10-11H,8-9,12H2,1-3H3. The minimum atomic E-state index is -0.375. The van der Waals surface area contributed by atoms with Crippen LogP contribution in [0.3, 0.4) is 0 Å². The number of para-hydroxylation sites is 1. The second kappa shape index (κ2) is 7.79. The highest BCUT2D eigenvalue weighted by molar-refractivity contribution is 7.18. The number of fused-ring (bicyclic) bond motifs is 1. The van der Waals surface area contributed by atoms with Gasteiger partial charge in [-0.25, -0.2) is 4.98 Å². The lowest BCUT2D eigenvalue weighted by molar-refractivity contribution is -0.142. The number of ketones is 1. The van der Waals surface area contributed by atoms with E-state index in [1.54, 1.807) is 11.3 Å². The summed E-state index contributed by atoms with van der Waals surface area (Å²) in [5.74, 6) is -0.534. The third kappa shape index (κ3) is 4.17. The summed E-state index contributed by atoms with van der Waals surface area (Å²) in [4.78, 5) is 28.9. The molecule has 0 aliphatic rings. The Balaban J connectivity index is 1.54. The molecule has 2 aromatic carbocycles.